The Hall–Kier alpha value is -2.97. The van der Waals surface area contributed by atoms with Gasteiger partial charge < -0.3 is 29.8 Å². The maximum atomic E-state index is 11.9. The molecule has 3 N–H and O–H groups in total. The van der Waals surface area contributed by atoms with E-state index in [1.54, 1.807) is 24.3 Å². The summed E-state index contributed by atoms with van der Waals surface area (Å²) in [5.74, 6) is -0.681. The Morgan fingerprint density at radius 1 is 0.849 bits per heavy atom. The molecule has 53 heavy (non-hydrogen) atoms. The van der Waals surface area contributed by atoms with Gasteiger partial charge in [0.15, 0.2) is 5.02 Å². The number of rotatable bonds is 16. The van der Waals surface area contributed by atoms with Gasteiger partial charge >= 0.3 is 0 Å². The summed E-state index contributed by atoms with van der Waals surface area (Å²) in [6.45, 7) is 15.7. The molecule has 3 aliphatic rings. The molecule has 0 aromatic heterocycles. The fourth-order valence-electron chi connectivity index (χ4n) is 5.43. The summed E-state index contributed by atoms with van der Waals surface area (Å²) in [6, 6.07) is 9.06. The van der Waals surface area contributed by atoms with E-state index in [1.807, 2.05) is 6.92 Å². The van der Waals surface area contributed by atoms with Crippen molar-refractivity contribution in [1.82, 2.24) is 14.7 Å². The van der Waals surface area contributed by atoms with Gasteiger partial charge in [-0.1, -0.05) is 29.3 Å². The quantitative estimate of drug-likeness (QED) is 0.109. The van der Waals surface area contributed by atoms with Crippen LogP contribution in [0.25, 0.3) is 0 Å². The van der Waals surface area contributed by atoms with Gasteiger partial charge in [-0.05, 0) is 44.4 Å². The molecule has 0 saturated carbocycles. The largest absolute Gasteiger partial charge is 0.492 e. The smallest absolute Gasteiger partial charge is 0.296 e. The fraction of sp³-hybridized carbons (Fsp3) is 0.629. The van der Waals surface area contributed by atoms with Crippen LogP contribution < -0.4 is 10.5 Å². The van der Waals surface area contributed by atoms with E-state index in [-0.39, 0.29) is 27.8 Å². The first-order valence-electron chi connectivity index (χ1n) is 17.9. The van der Waals surface area contributed by atoms with Crippen molar-refractivity contribution in [1.29, 1.82) is 0 Å². The predicted octanol–water partition coefficient (Wildman–Crippen LogP) is 2.57. The molecule has 0 aliphatic carbocycles. The number of hydrogen-bond donors (Lipinski definition) is 2. The summed E-state index contributed by atoms with van der Waals surface area (Å²) in [5, 5.41) is 19.4. The Bertz CT molecular complexity index is 1490. The molecule has 3 saturated heterocycles. The van der Waals surface area contributed by atoms with Gasteiger partial charge in [0.05, 0.1) is 62.7 Å². The van der Waals surface area contributed by atoms with Gasteiger partial charge in [-0.15, -0.1) is 0 Å². The van der Waals surface area contributed by atoms with Crippen molar-refractivity contribution in [2.75, 3.05) is 118 Å². The third-order valence-corrected chi connectivity index (χ3v) is 10.2. The lowest BCUT2D eigenvalue weighted by atomic mass is 10.2. The number of aliphatic hydroxyl groups is 1. The molecule has 3 heterocycles. The number of carbonyl (C=O) groups is 1. The molecular formula is C35H54ClN5O11S. The minimum absolute atomic E-state index is 0.00993. The lowest BCUT2D eigenvalue weighted by molar-refractivity contribution is -0.384. The lowest BCUT2D eigenvalue weighted by Gasteiger charge is -2.26. The van der Waals surface area contributed by atoms with Crippen molar-refractivity contribution in [2.45, 2.75) is 31.1 Å². The monoisotopic (exact) mass is 787 g/mol. The summed E-state index contributed by atoms with van der Waals surface area (Å²) in [4.78, 5) is 28.6. The number of aryl methyl sites for hydroxylation is 1. The molecule has 3 aliphatic heterocycles. The van der Waals surface area contributed by atoms with E-state index >= 15 is 0 Å². The van der Waals surface area contributed by atoms with Crippen LogP contribution in [0.5, 0.6) is 5.75 Å². The number of nitrogens with two attached hydrogens (primary N) is 1. The molecule has 2 aromatic rings. The first-order valence-corrected chi connectivity index (χ1v) is 19.7. The molecule has 0 radical (unpaired) electrons. The maximum Gasteiger partial charge on any atom is 0.296 e. The number of morpholine rings is 3. The van der Waals surface area contributed by atoms with Gasteiger partial charge in [0.1, 0.15) is 5.75 Å². The van der Waals surface area contributed by atoms with E-state index in [0.717, 1.165) is 123 Å². The highest BCUT2D eigenvalue weighted by atomic mass is 35.5. The number of carbonyl (C=O) groups excluding carboxylic acids is 1. The van der Waals surface area contributed by atoms with E-state index in [9.17, 15) is 23.3 Å². The number of primary amides is 1. The van der Waals surface area contributed by atoms with Crippen LogP contribution in [0.2, 0.25) is 5.02 Å². The number of nitrogens with zero attached hydrogens (tertiary/aromatic N) is 4. The highest BCUT2D eigenvalue weighted by Crippen LogP contribution is 2.35. The molecule has 298 valence electrons. The Kier molecular flexibility index (Phi) is 20.5. The Morgan fingerprint density at radius 2 is 1.32 bits per heavy atom. The van der Waals surface area contributed by atoms with Crippen LogP contribution >= 0.6 is 11.6 Å². The van der Waals surface area contributed by atoms with Crippen LogP contribution in [0.15, 0.2) is 41.3 Å². The highest BCUT2D eigenvalue weighted by Gasteiger charge is 2.21. The summed E-state index contributed by atoms with van der Waals surface area (Å²) >= 11 is 5.96. The fourth-order valence-corrected chi connectivity index (χ4v) is 6.61. The minimum atomic E-state index is -3.62. The molecular weight excluding hydrogens is 734 g/mol. The standard InChI is InChI=1S/C14H18ClN3O5.C14H21NO4S.C7H15NO2/c15-13-11(18(20)21)8-10(14(16)19)9-12(13)23-5-1-2-17-3-6-22-7-4-17;1-13-3-5-14(6-4-13)20(16,17)19-10-2-7-15-8-11-18-12-9-15;9-5-1-2-8-3-6-10-7-4-8/h8-9H,1-7H2,(H2,16,19);3-6H,2,7-12H2,1H3;9H,1-7H2. The zero-order chi connectivity index (χ0) is 38.5. The van der Waals surface area contributed by atoms with Crippen molar-refractivity contribution in [3.05, 3.63) is 62.7 Å². The van der Waals surface area contributed by atoms with Gasteiger partial charge in [0.25, 0.3) is 15.8 Å². The SMILES string of the molecule is Cc1ccc(S(=O)(=O)OCCCN2CCOCC2)cc1.NC(=O)c1cc(OCCCN2CCOCC2)c(Cl)c([N+](=O)[O-])c1.OCCCN1CCOCC1. The van der Waals surface area contributed by atoms with E-state index in [2.05, 4.69) is 14.7 Å². The predicted molar refractivity (Wildman–Crippen MR) is 199 cm³/mol. The third kappa shape index (κ3) is 16.9. The van der Waals surface area contributed by atoms with Gasteiger partial charge in [-0.2, -0.15) is 8.42 Å². The van der Waals surface area contributed by atoms with Crippen LogP contribution in [0, 0.1) is 17.0 Å². The van der Waals surface area contributed by atoms with Crippen molar-refractivity contribution in [3.8, 4) is 5.75 Å². The summed E-state index contributed by atoms with van der Waals surface area (Å²) in [6.07, 6.45) is 2.32. The normalized spacial score (nSPS) is 17.2. The van der Waals surface area contributed by atoms with E-state index in [0.29, 0.717) is 19.6 Å². The number of nitro groups is 1. The van der Waals surface area contributed by atoms with Crippen LogP contribution in [0.4, 0.5) is 5.69 Å². The second-order valence-corrected chi connectivity index (χ2v) is 14.5. The molecule has 5 rings (SSSR count). The van der Waals surface area contributed by atoms with E-state index in [4.69, 9.17) is 45.6 Å². The molecule has 16 nitrogen and oxygen atoms in total. The van der Waals surface area contributed by atoms with Crippen molar-refractivity contribution in [3.63, 3.8) is 0 Å². The van der Waals surface area contributed by atoms with Crippen molar-refractivity contribution in [2.24, 2.45) is 5.73 Å². The van der Waals surface area contributed by atoms with Gasteiger partial charge in [-0.25, -0.2) is 0 Å². The van der Waals surface area contributed by atoms with Gasteiger partial charge in [0, 0.05) is 77.1 Å². The zero-order valence-electron chi connectivity index (χ0n) is 30.5. The summed E-state index contributed by atoms with van der Waals surface area (Å²) in [7, 11) is -3.62. The number of aliphatic hydroxyl groups excluding tert-OH is 1. The van der Waals surface area contributed by atoms with Crippen LogP contribution in [-0.4, -0.2) is 157 Å². The average molecular weight is 788 g/mol. The molecule has 0 atom stereocenters. The van der Waals surface area contributed by atoms with E-state index < -0.39 is 26.6 Å². The minimum Gasteiger partial charge on any atom is -0.492 e. The first-order chi connectivity index (χ1) is 25.5. The Morgan fingerprint density at radius 3 is 1.77 bits per heavy atom. The molecule has 18 heteroatoms. The Labute approximate surface area is 317 Å². The maximum absolute atomic E-state index is 11.9. The second-order valence-electron chi connectivity index (χ2n) is 12.5. The molecule has 2 aromatic carbocycles. The second kappa shape index (κ2) is 24.4. The van der Waals surface area contributed by atoms with Gasteiger partial charge in [-0.3, -0.25) is 33.8 Å². The number of benzene rings is 2. The van der Waals surface area contributed by atoms with E-state index in [1.165, 1.54) is 6.07 Å². The molecule has 3 fully saturated rings. The van der Waals surface area contributed by atoms with Crippen molar-refractivity contribution < 1.29 is 46.4 Å². The summed E-state index contributed by atoms with van der Waals surface area (Å²) in [5.41, 5.74) is 5.79. The number of ether oxygens (including phenoxy) is 4. The van der Waals surface area contributed by atoms with Crippen LogP contribution in [0.3, 0.4) is 0 Å². The zero-order valence-corrected chi connectivity index (χ0v) is 32.1. The van der Waals surface area contributed by atoms with Crippen LogP contribution in [-0.2, 0) is 28.5 Å². The molecule has 0 bridgehead atoms. The lowest BCUT2D eigenvalue weighted by Crippen LogP contribution is -2.37. The highest BCUT2D eigenvalue weighted by molar-refractivity contribution is 7.86. The van der Waals surface area contributed by atoms with Crippen molar-refractivity contribution >= 4 is 33.3 Å². The number of halogens is 1. The molecule has 1 amide bonds. The number of nitro benzene ring substituents is 1. The van der Waals surface area contributed by atoms with Crippen LogP contribution in [0.1, 0.15) is 35.2 Å². The van der Waals surface area contributed by atoms with Gasteiger partial charge in [0.2, 0.25) is 5.91 Å². The Balaban J connectivity index is 0.000000229. The topological polar surface area (TPSA) is 196 Å². The molecule has 0 unspecified atom stereocenters. The molecule has 0 spiro atoms. The number of amides is 1. The average Bonchev–Trinajstić information content (AvgIpc) is 3.16. The summed E-state index contributed by atoms with van der Waals surface area (Å²) < 4.78 is 50.1. The first kappa shape index (κ1) is 44.4. The number of hydrogen-bond acceptors (Lipinski definition) is 14. The third-order valence-electron chi connectivity index (χ3n) is 8.49.